The maximum atomic E-state index is 12.0. The number of carbonyl (C=O) groups is 1. The van der Waals surface area contributed by atoms with Gasteiger partial charge in [-0.1, -0.05) is 35.5 Å². The molecule has 0 saturated heterocycles. The van der Waals surface area contributed by atoms with Crippen molar-refractivity contribution in [3.8, 4) is 11.4 Å². The van der Waals surface area contributed by atoms with Crippen LogP contribution in [0.2, 0.25) is 0 Å². The predicted molar refractivity (Wildman–Crippen MR) is 94.9 cm³/mol. The molecule has 0 aliphatic heterocycles. The summed E-state index contributed by atoms with van der Waals surface area (Å²) >= 11 is 1.66. The number of rotatable bonds is 6. The van der Waals surface area contributed by atoms with Crippen LogP contribution in [-0.4, -0.2) is 22.3 Å². The van der Waals surface area contributed by atoms with Gasteiger partial charge in [-0.05, 0) is 30.5 Å². The molecule has 1 aromatic heterocycles. The summed E-state index contributed by atoms with van der Waals surface area (Å²) in [6.45, 7) is 0. The Balaban J connectivity index is 1.53. The highest BCUT2D eigenvalue weighted by atomic mass is 32.2. The number of nitrogens with zero attached hydrogens (tertiary/aromatic N) is 2. The summed E-state index contributed by atoms with van der Waals surface area (Å²) in [4.78, 5) is 17.5. The number of aromatic nitrogens is 2. The zero-order valence-corrected chi connectivity index (χ0v) is 14.0. The summed E-state index contributed by atoms with van der Waals surface area (Å²) in [6, 6.07) is 17.3. The van der Waals surface area contributed by atoms with Crippen molar-refractivity contribution in [2.45, 2.75) is 17.7 Å². The number of thioether (sulfide) groups is 1. The smallest absolute Gasteiger partial charge is 0.227 e. The number of aryl methyl sites for hydroxylation is 1. The summed E-state index contributed by atoms with van der Waals surface area (Å²) < 4.78 is 5.21. The Morgan fingerprint density at radius 2 is 1.88 bits per heavy atom. The summed E-state index contributed by atoms with van der Waals surface area (Å²) in [6.07, 6.45) is 2.72. The van der Waals surface area contributed by atoms with Gasteiger partial charge in [0, 0.05) is 29.0 Å². The van der Waals surface area contributed by atoms with Gasteiger partial charge in [0.25, 0.3) is 0 Å². The number of benzene rings is 2. The molecule has 0 spiro atoms. The molecule has 3 aromatic rings. The molecule has 0 radical (unpaired) electrons. The van der Waals surface area contributed by atoms with E-state index < -0.39 is 0 Å². The summed E-state index contributed by atoms with van der Waals surface area (Å²) in [7, 11) is 0. The Morgan fingerprint density at radius 3 is 2.58 bits per heavy atom. The van der Waals surface area contributed by atoms with Crippen LogP contribution in [0.4, 0.5) is 5.69 Å². The van der Waals surface area contributed by atoms with Crippen molar-refractivity contribution in [3.63, 3.8) is 0 Å². The molecule has 5 nitrogen and oxygen atoms in total. The van der Waals surface area contributed by atoms with Gasteiger partial charge in [-0.2, -0.15) is 4.98 Å². The molecule has 2 aromatic carbocycles. The third-order valence-corrected chi connectivity index (χ3v) is 4.18. The Morgan fingerprint density at radius 1 is 1.12 bits per heavy atom. The van der Waals surface area contributed by atoms with Gasteiger partial charge in [0.2, 0.25) is 17.6 Å². The lowest BCUT2D eigenvalue weighted by molar-refractivity contribution is -0.116. The van der Waals surface area contributed by atoms with Crippen molar-refractivity contribution in [3.05, 3.63) is 60.5 Å². The fraction of sp³-hybridized carbons (Fsp3) is 0.167. The zero-order valence-electron chi connectivity index (χ0n) is 13.2. The Hall–Kier alpha value is -2.60. The van der Waals surface area contributed by atoms with Crippen molar-refractivity contribution >= 4 is 23.4 Å². The third kappa shape index (κ3) is 4.23. The molecule has 3 rings (SSSR count). The average Bonchev–Trinajstić information content (AvgIpc) is 3.10. The largest absolute Gasteiger partial charge is 0.339 e. The SMILES string of the molecule is CSc1ccc(NC(=O)CCc2nc(-c3ccccc3)no2)cc1. The number of anilines is 1. The maximum Gasteiger partial charge on any atom is 0.227 e. The van der Waals surface area contributed by atoms with Crippen LogP contribution in [0.5, 0.6) is 0 Å². The molecular formula is C18H17N3O2S. The minimum Gasteiger partial charge on any atom is -0.339 e. The topological polar surface area (TPSA) is 68.0 Å². The Labute approximate surface area is 144 Å². The molecular weight excluding hydrogens is 322 g/mol. The molecule has 6 heteroatoms. The van der Waals surface area contributed by atoms with Gasteiger partial charge < -0.3 is 9.84 Å². The first kappa shape index (κ1) is 16.3. The third-order valence-electron chi connectivity index (χ3n) is 3.44. The highest BCUT2D eigenvalue weighted by molar-refractivity contribution is 7.98. The molecule has 1 amide bonds. The lowest BCUT2D eigenvalue weighted by Gasteiger charge is -2.04. The second-order valence-corrected chi connectivity index (χ2v) is 6.03. The zero-order chi connectivity index (χ0) is 16.8. The van der Waals surface area contributed by atoms with E-state index in [1.54, 1.807) is 11.8 Å². The first-order chi connectivity index (χ1) is 11.7. The second kappa shape index (κ2) is 7.79. The molecule has 24 heavy (non-hydrogen) atoms. The second-order valence-electron chi connectivity index (χ2n) is 5.15. The molecule has 1 N–H and O–H groups in total. The van der Waals surface area contributed by atoms with Crippen molar-refractivity contribution < 1.29 is 9.32 Å². The molecule has 0 saturated carbocycles. The van der Waals surface area contributed by atoms with Crippen LogP contribution in [0.15, 0.2) is 64.0 Å². The number of amides is 1. The highest BCUT2D eigenvalue weighted by Gasteiger charge is 2.10. The van der Waals surface area contributed by atoms with Gasteiger partial charge in [0.05, 0.1) is 0 Å². The summed E-state index contributed by atoms with van der Waals surface area (Å²) in [5, 5.41) is 6.81. The van der Waals surface area contributed by atoms with Crippen LogP contribution >= 0.6 is 11.8 Å². The van der Waals surface area contributed by atoms with Crippen LogP contribution in [0.3, 0.4) is 0 Å². The molecule has 0 aliphatic rings. The normalized spacial score (nSPS) is 10.5. The summed E-state index contributed by atoms with van der Waals surface area (Å²) in [5.74, 6) is 0.923. The first-order valence-electron chi connectivity index (χ1n) is 7.56. The molecule has 1 heterocycles. The fourth-order valence-electron chi connectivity index (χ4n) is 2.18. The monoisotopic (exact) mass is 339 g/mol. The lowest BCUT2D eigenvalue weighted by atomic mass is 10.2. The van der Waals surface area contributed by atoms with Gasteiger partial charge in [-0.25, -0.2) is 0 Å². The van der Waals surface area contributed by atoms with E-state index in [-0.39, 0.29) is 5.91 Å². The van der Waals surface area contributed by atoms with Crippen LogP contribution in [0.25, 0.3) is 11.4 Å². The Kier molecular flexibility index (Phi) is 5.28. The van der Waals surface area contributed by atoms with Crippen molar-refractivity contribution in [1.82, 2.24) is 10.1 Å². The number of hydrogen-bond donors (Lipinski definition) is 1. The van der Waals surface area contributed by atoms with E-state index in [1.165, 1.54) is 0 Å². The van der Waals surface area contributed by atoms with Gasteiger partial charge >= 0.3 is 0 Å². The predicted octanol–water partition coefficient (Wildman–Crippen LogP) is 4.03. The van der Waals surface area contributed by atoms with Crippen LogP contribution in [0, 0.1) is 0 Å². The Bertz CT molecular complexity index is 801. The van der Waals surface area contributed by atoms with E-state index in [0.717, 1.165) is 16.1 Å². The molecule has 0 aliphatic carbocycles. The van der Waals surface area contributed by atoms with E-state index in [0.29, 0.717) is 24.6 Å². The van der Waals surface area contributed by atoms with E-state index in [4.69, 9.17) is 4.52 Å². The van der Waals surface area contributed by atoms with E-state index >= 15 is 0 Å². The van der Waals surface area contributed by atoms with Crippen LogP contribution in [0.1, 0.15) is 12.3 Å². The van der Waals surface area contributed by atoms with Crippen molar-refractivity contribution in [2.24, 2.45) is 0 Å². The maximum absolute atomic E-state index is 12.0. The average molecular weight is 339 g/mol. The molecule has 0 bridgehead atoms. The number of carbonyl (C=O) groups excluding carboxylic acids is 1. The lowest BCUT2D eigenvalue weighted by Crippen LogP contribution is -2.12. The van der Waals surface area contributed by atoms with Crippen molar-refractivity contribution in [2.75, 3.05) is 11.6 Å². The molecule has 122 valence electrons. The van der Waals surface area contributed by atoms with Crippen LogP contribution < -0.4 is 5.32 Å². The van der Waals surface area contributed by atoms with E-state index in [9.17, 15) is 4.79 Å². The van der Waals surface area contributed by atoms with E-state index in [2.05, 4.69) is 15.5 Å². The quantitative estimate of drug-likeness (QED) is 0.687. The van der Waals surface area contributed by atoms with Gasteiger partial charge in [0.1, 0.15) is 0 Å². The minimum atomic E-state index is -0.0774. The summed E-state index contributed by atoms with van der Waals surface area (Å²) in [5.41, 5.74) is 1.68. The fourth-order valence-corrected chi connectivity index (χ4v) is 2.59. The minimum absolute atomic E-state index is 0.0774. The number of nitrogens with one attached hydrogen (secondary N) is 1. The number of hydrogen-bond acceptors (Lipinski definition) is 5. The van der Waals surface area contributed by atoms with Gasteiger partial charge in [-0.15, -0.1) is 11.8 Å². The van der Waals surface area contributed by atoms with Crippen molar-refractivity contribution in [1.29, 1.82) is 0 Å². The van der Waals surface area contributed by atoms with Gasteiger partial charge in [-0.3, -0.25) is 4.79 Å². The van der Waals surface area contributed by atoms with Gasteiger partial charge in [0.15, 0.2) is 0 Å². The van der Waals surface area contributed by atoms with E-state index in [1.807, 2.05) is 60.9 Å². The molecule has 0 fully saturated rings. The standard InChI is InChI=1S/C18H17N3O2S/c1-24-15-9-7-14(8-10-15)19-16(22)11-12-17-20-18(21-23-17)13-5-3-2-4-6-13/h2-10H,11-12H2,1H3,(H,19,22). The first-order valence-corrected chi connectivity index (χ1v) is 8.79. The highest BCUT2D eigenvalue weighted by Crippen LogP contribution is 2.18. The molecule has 0 atom stereocenters. The van der Waals surface area contributed by atoms with Crippen LogP contribution in [-0.2, 0) is 11.2 Å². The molecule has 0 unspecified atom stereocenters.